The van der Waals surface area contributed by atoms with Crippen LogP contribution in [0, 0.1) is 0 Å². The van der Waals surface area contributed by atoms with Gasteiger partial charge in [-0.05, 0) is 26.9 Å². The molecule has 7 heteroatoms. The van der Waals surface area contributed by atoms with Crippen LogP contribution in [0.4, 0.5) is 13.2 Å². The fraction of sp³-hybridized carbons (Fsp3) is 1.00. The molecule has 18 heavy (non-hydrogen) atoms. The lowest BCUT2D eigenvalue weighted by Gasteiger charge is -2.39. The molecule has 0 aromatic heterocycles. The van der Waals surface area contributed by atoms with Crippen molar-refractivity contribution in [1.29, 1.82) is 0 Å². The van der Waals surface area contributed by atoms with Crippen molar-refractivity contribution in [3.05, 3.63) is 0 Å². The number of hydrogen-bond acceptors (Lipinski definition) is 4. The van der Waals surface area contributed by atoms with Crippen LogP contribution in [0.25, 0.3) is 0 Å². The molecule has 1 heterocycles. The Morgan fingerprint density at radius 1 is 1.33 bits per heavy atom. The SMILES string of the molecule is CN1CCN(C)C(CC(CCC(F)(F)F)NN)C1. The number of hydrazine groups is 1. The van der Waals surface area contributed by atoms with Crippen molar-refractivity contribution in [1.82, 2.24) is 15.2 Å². The van der Waals surface area contributed by atoms with Crippen LogP contribution in [0.1, 0.15) is 19.3 Å². The van der Waals surface area contributed by atoms with Gasteiger partial charge in [-0.1, -0.05) is 0 Å². The highest BCUT2D eigenvalue weighted by atomic mass is 19.4. The predicted molar refractivity (Wildman–Crippen MR) is 64.9 cm³/mol. The Morgan fingerprint density at radius 2 is 2.00 bits per heavy atom. The highest BCUT2D eigenvalue weighted by molar-refractivity contribution is 4.83. The first-order valence-corrected chi connectivity index (χ1v) is 6.23. The third kappa shape index (κ3) is 5.51. The summed E-state index contributed by atoms with van der Waals surface area (Å²) >= 11 is 0. The van der Waals surface area contributed by atoms with Gasteiger partial charge in [0.05, 0.1) is 0 Å². The summed E-state index contributed by atoms with van der Waals surface area (Å²) in [5.41, 5.74) is 2.51. The average Bonchev–Trinajstić information content (AvgIpc) is 2.27. The van der Waals surface area contributed by atoms with Gasteiger partial charge in [0.2, 0.25) is 0 Å². The fourth-order valence-electron chi connectivity index (χ4n) is 2.29. The van der Waals surface area contributed by atoms with Crippen LogP contribution in [0.15, 0.2) is 0 Å². The van der Waals surface area contributed by atoms with Gasteiger partial charge in [-0.3, -0.25) is 11.3 Å². The molecule has 108 valence electrons. The second-order valence-electron chi connectivity index (χ2n) is 5.15. The molecule has 2 unspecified atom stereocenters. The molecule has 0 amide bonds. The maximum atomic E-state index is 12.2. The van der Waals surface area contributed by atoms with Gasteiger partial charge in [-0.15, -0.1) is 0 Å². The molecule has 1 saturated heterocycles. The van der Waals surface area contributed by atoms with Crippen molar-refractivity contribution >= 4 is 0 Å². The first-order valence-electron chi connectivity index (χ1n) is 6.23. The van der Waals surface area contributed by atoms with Crippen LogP contribution in [-0.2, 0) is 0 Å². The van der Waals surface area contributed by atoms with E-state index in [1.54, 1.807) is 0 Å². The normalized spacial score (nSPS) is 25.3. The molecule has 1 aliphatic heterocycles. The first-order chi connectivity index (χ1) is 8.31. The lowest BCUT2D eigenvalue weighted by atomic mass is 10.00. The summed E-state index contributed by atoms with van der Waals surface area (Å²) in [7, 11) is 4.04. The number of alkyl halides is 3. The summed E-state index contributed by atoms with van der Waals surface area (Å²) in [6.45, 7) is 2.81. The van der Waals surface area contributed by atoms with E-state index >= 15 is 0 Å². The molecule has 3 N–H and O–H groups in total. The van der Waals surface area contributed by atoms with E-state index in [0.29, 0.717) is 6.42 Å². The van der Waals surface area contributed by atoms with Crippen molar-refractivity contribution in [2.75, 3.05) is 33.7 Å². The summed E-state index contributed by atoms with van der Waals surface area (Å²) in [5, 5.41) is 0. The van der Waals surface area contributed by atoms with Crippen molar-refractivity contribution in [2.24, 2.45) is 5.84 Å². The van der Waals surface area contributed by atoms with Gasteiger partial charge in [0.1, 0.15) is 0 Å². The molecular formula is C11H23F3N4. The third-order valence-corrected chi connectivity index (χ3v) is 3.55. The zero-order chi connectivity index (χ0) is 13.8. The van der Waals surface area contributed by atoms with E-state index in [0.717, 1.165) is 19.6 Å². The topological polar surface area (TPSA) is 44.5 Å². The summed E-state index contributed by atoms with van der Waals surface area (Å²) < 4.78 is 36.5. The molecule has 0 aliphatic carbocycles. The molecule has 1 rings (SSSR count). The molecule has 0 aromatic rings. The van der Waals surface area contributed by atoms with Gasteiger partial charge in [0.15, 0.2) is 0 Å². The summed E-state index contributed by atoms with van der Waals surface area (Å²) in [4.78, 5) is 4.39. The highest BCUT2D eigenvalue weighted by Gasteiger charge is 2.30. The van der Waals surface area contributed by atoms with Crippen molar-refractivity contribution in [3.63, 3.8) is 0 Å². The predicted octanol–water partition coefficient (Wildman–Crippen LogP) is 0.797. The number of likely N-dealkylation sites (N-methyl/N-ethyl adjacent to an activating group) is 2. The second kappa shape index (κ2) is 6.70. The number of hydrogen-bond donors (Lipinski definition) is 2. The minimum absolute atomic E-state index is 0.0358. The van der Waals surface area contributed by atoms with E-state index in [1.165, 1.54) is 0 Å². The maximum absolute atomic E-state index is 12.2. The van der Waals surface area contributed by atoms with Gasteiger partial charge >= 0.3 is 6.18 Å². The Kier molecular flexibility index (Phi) is 5.84. The Bertz CT molecular complexity index is 247. The molecule has 0 spiro atoms. The summed E-state index contributed by atoms with van der Waals surface area (Å²) in [5.74, 6) is 5.35. The van der Waals surface area contributed by atoms with Gasteiger partial charge < -0.3 is 9.80 Å². The van der Waals surface area contributed by atoms with Crippen LogP contribution in [-0.4, -0.2) is 61.8 Å². The maximum Gasteiger partial charge on any atom is 0.389 e. The molecule has 0 aromatic carbocycles. The van der Waals surface area contributed by atoms with E-state index in [1.807, 2.05) is 14.1 Å². The summed E-state index contributed by atoms with van der Waals surface area (Å²) in [6, 6.07) is -0.0244. The van der Waals surface area contributed by atoms with Crippen LogP contribution in [0.5, 0.6) is 0 Å². The van der Waals surface area contributed by atoms with E-state index in [9.17, 15) is 13.2 Å². The van der Waals surface area contributed by atoms with Gasteiger partial charge in [-0.2, -0.15) is 13.2 Å². The van der Waals surface area contributed by atoms with Crippen LogP contribution in [0.3, 0.4) is 0 Å². The Hall–Kier alpha value is -0.370. The van der Waals surface area contributed by atoms with Gasteiger partial charge in [0.25, 0.3) is 0 Å². The smallest absolute Gasteiger partial charge is 0.304 e. The summed E-state index contributed by atoms with van der Waals surface area (Å²) in [6.07, 6.45) is -4.21. The second-order valence-corrected chi connectivity index (χ2v) is 5.15. The zero-order valence-electron chi connectivity index (χ0n) is 11.0. The Labute approximate surface area is 106 Å². The quantitative estimate of drug-likeness (QED) is 0.572. The lowest BCUT2D eigenvalue weighted by Crippen LogP contribution is -2.52. The molecule has 0 bridgehead atoms. The van der Waals surface area contributed by atoms with E-state index in [-0.39, 0.29) is 18.5 Å². The van der Waals surface area contributed by atoms with Crippen LogP contribution >= 0.6 is 0 Å². The standard InChI is InChI=1S/C11H23F3N4/c1-17-5-6-18(2)10(8-17)7-9(16-15)3-4-11(12,13)14/h9-10,16H,3-8,15H2,1-2H3. The Balaban J connectivity index is 2.41. The Morgan fingerprint density at radius 3 is 2.56 bits per heavy atom. The minimum atomic E-state index is -4.11. The van der Waals surface area contributed by atoms with Gasteiger partial charge in [-0.25, -0.2) is 0 Å². The number of rotatable bonds is 5. The van der Waals surface area contributed by atoms with E-state index < -0.39 is 12.6 Å². The number of nitrogens with two attached hydrogens (primary N) is 1. The van der Waals surface area contributed by atoms with Crippen molar-refractivity contribution in [3.8, 4) is 0 Å². The van der Waals surface area contributed by atoms with E-state index in [2.05, 4.69) is 15.2 Å². The monoisotopic (exact) mass is 268 g/mol. The van der Waals surface area contributed by atoms with Crippen LogP contribution in [0.2, 0.25) is 0 Å². The number of piperazine rings is 1. The molecule has 2 atom stereocenters. The molecule has 0 saturated carbocycles. The molecule has 1 fully saturated rings. The fourth-order valence-corrected chi connectivity index (χ4v) is 2.29. The molecule has 1 aliphatic rings. The molecule has 0 radical (unpaired) electrons. The van der Waals surface area contributed by atoms with Crippen LogP contribution < -0.4 is 11.3 Å². The minimum Gasteiger partial charge on any atom is -0.304 e. The molecular weight excluding hydrogens is 245 g/mol. The number of halogens is 3. The lowest BCUT2D eigenvalue weighted by molar-refractivity contribution is -0.137. The van der Waals surface area contributed by atoms with Crippen molar-refractivity contribution < 1.29 is 13.2 Å². The highest BCUT2D eigenvalue weighted by Crippen LogP contribution is 2.24. The number of nitrogens with zero attached hydrogens (tertiary/aromatic N) is 2. The zero-order valence-corrected chi connectivity index (χ0v) is 11.0. The first kappa shape index (κ1) is 15.7. The van der Waals surface area contributed by atoms with Crippen molar-refractivity contribution in [2.45, 2.75) is 37.5 Å². The number of nitrogens with one attached hydrogen (secondary N) is 1. The molecule has 4 nitrogen and oxygen atoms in total. The average molecular weight is 268 g/mol. The third-order valence-electron chi connectivity index (χ3n) is 3.55. The van der Waals surface area contributed by atoms with Gasteiger partial charge in [0, 0.05) is 38.1 Å². The van der Waals surface area contributed by atoms with E-state index in [4.69, 9.17) is 5.84 Å². The largest absolute Gasteiger partial charge is 0.389 e.